The van der Waals surface area contributed by atoms with Crippen molar-refractivity contribution in [2.75, 3.05) is 19.7 Å². The van der Waals surface area contributed by atoms with E-state index in [0.29, 0.717) is 12.6 Å². The minimum atomic E-state index is -3.31. The van der Waals surface area contributed by atoms with Crippen LogP contribution in [0.15, 0.2) is 24.3 Å². The van der Waals surface area contributed by atoms with Crippen LogP contribution in [0.4, 0.5) is 0 Å². The van der Waals surface area contributed by atoms with E-state index in [4.69, 9.17) is 14.6 Å². The average molecular weight is 370 g/mol. The number of hydrogen-bond donors (Lipinski definition) is 2. The van der Waals surface area contributed by atoms with Gasteiger partial charge in [0, 0.05) is 25.2 Å². The van der Waals surface area contributed by atoms with E-state index in [1.165, 1.54) is 0 Å². The summed E-state index contributed by atoms with van der Waals surface area (Å²) in [5.41, 5.74) is 1.91. The molecule has 1 aromatic rings. The molecule has 8 heteroatoms. The highest BCUT2D eigenvalue weighted by Gasteiger charge is 2.37. The Hall–Kier alpha value is -1.48. The molecule has 2 saturated heterocycles. The van der Waals surface area contributed by atoms with Crippen molar-refractivity contribution in [3.05, 3.63) is 35.4 Å². The molecule has 0 aromatic heterocycles. The van der Waals surface area contributed by atoms with Gasteiger partial charge in [0.25, 0.3) is 6.47 Å². The van der Waals surface area contributed by atoms with Gasteiger partial charge in [-0.2, -0.15) is 0 Å². The highest BCUT2D eigenvalue weighted by Crippen LogP contribution is 2.23. The van der Waals surface area contributed by atoms with Crippen LogP contribution in [0.5, 0.6) is 0 Å². The minimum absolute atomic E-state index is 0.00582. The van der Waals surface area contributed by atoms with E-state index in [2.05, 4.69) is 16.5 Å². The Kier molecular flexibility index (Phi) is 6.95. The molecule has 0 bridgehead atoms. The molecular formula is C17H26N2O5S. The Bertz CT molecular complexity index is 679. The molecule has 0 saturated carbocycles. The van der Waals surface area contributed by atoms with Crippen LogP contribution in [0, 0.1) is 6.92 Å². The summed E-state index contributed by atoms with van der Waals surface area (Å²) in [5.74, 6) is 0.0444. The number of carbonyl (C=O) groups is 1. The Morgan fingerprint density at radius 2 is 2.12 bits per heavy atom. The zero-order valence-corrected chi connectivity index (χ0v) is 15.4. The molecule has 2 aliphatic rings. The molecule has 0 amide bonds. The molecule has 0 aliphatic carbocycles. The number of fused-ring (bicyclic) bond motifs is 1. The van der Waals surface area contributed by atoms with Gasteiger partial charge < -0.3 is 9.84 Å². The lowest BCUT2D eigenvalue weighted by Crippen LogP contribution is -2.45. The van der Waals surface area contributed by atoms with Gasteiger partial charge in [0.2, 0.25) is 10.0 Å². The zero-order chi connectivity index (χ0) is 18.4. The van der Waals surface area contributed by atoms with Crippen molar-refractivity contribution in [2.45, 2.75) is 44.2 Å². The number of sulfonamides is 1. The molecule has 3 rings (SSSR count). The predicted octanol–water partition coefficient (Wildman–Crippen LogP) is 0.977. The molecule has 140 valence electrons. The minimum Gasteiger partial charge on any atom is -0.483 e. The third-order valence-corrected chi connectivity index (χ3v) is 5.78. The van der Waals surface area contributed by atoms with Crippen molar-refractivity contribution in [3.8, 4) is 0 Å². The van der Waals surface area contributed by atoms with Crippen LogP contribution in [-0.2, 0) is 25.3 Å². The van der Waals surface area contributed by atoms with Crippen molar-refractivity contribution in [3.63, 3.8) is 0 Å². The number of benzene rings is 1. The highest BCUT2D eigenvalue weighted by atomic mass is 32.2. The van der Waals surface area contributed by atoms with Crippen molar-refractivity contribution in [2.24, 2.45) is 0 Å². The van der Waals surface area contributed by atoms with E-state index in [9.17, 15) is 8.42 Å². The maximum atomic E-state index is 12.4. The molecule has 1 aromatic carbocycles. The second-order valence-corrected chi connectivity index (χ2v) is 8.41. The fourth-order valence-corrected chi connectivity index (χ4v) is 4.82. The van der Waals surface area contributed by atoms with Crippen molar-refractivity contribution in [1.82, 2.24) is 9.62 Å². The first-order valence-corrected chi connectivity index (χ1v) is 9.97. The first-order valence-electron chi connectivity index (χ1n) is 8.32. The smallest absolute Gasteiger partial charge is 0.290 e. The molecule has 2 fully saturated rings. The molecule has 0 spiro atoms. The molecule has 25 heavy (non-hydrogen) atoms. The summed E-state index contributed by atoms with van der Waals surface area (Å²) in [6, 6.07) is 8.00. The van der Waals surface area contributed by atoms with Crippen LogP contribution in [0.25, 0.3) is 0 Å². The number of rotatable bonds is 4. The molecule has 2 heterocycles. The number of ether oxygens (including phenoxy) is 1. The lowest BCUT2D eigenvalue weighted by molar-refractivity contribution is -0.122. The van der Waals surface area contributed by atoms with Crippen molar-refractivity contribution in [1.29, 1.82) is 0 Å². The average Bonchev–Trinajstić information content (AvgIpc) is 2.87. The van der Waals surface area contributed by atoms with Gasteiger partial charge >= 0.3 is 0 Å². The van der Waals surface area contributed by atoms with Gasteiger partial charge in [-0.25, -0.2) is 13.1 Å². The summed E-state index contributed by atoms with van der Waals surface area (Å²) in [6.07, 6.45) is 1.07. The fourth-order valence-electron chi connectivity index (χ4n) is 3.44. The van der Waals surface area contributed by atoms with Crippen LogP contribution in [0.2, 0.25) is 0 Å². The molecular weight excluding hydrogens is 344 g/mol. The Morgan fingerprint density at radius 1 is 1.40 bits per heavy atom. The van der Waals surface area contributed by atoms with E-state index in [0.717, 1.165) is 30.6 Å². The summed E-state index contributed by atoms with van der Waals surface area (Å²) in [4.78, 5) is 10.7. The van der Waals surface area contributed by atoms with Gasteiger partial charge in [0.1, 0.15) is 0 Å². The second kappa shape index (κ2) is 8.75. The van der Waals surface area contributed by atoms with Gasteiger partial charge in [-0.15, -0.1) is 0 Å². The number of aryl methyl sites for hydroxylation is 1. The summed E-state index contributed by atoms with van der Waals surface area (Å²) in [5, 5.41) is 6.89. The van der Waals surface area contributed by atoms with Crippen LogP contribution in [0.1, 0.15) is 24.5 Å². The zero-order valence-electron chi connectivity index (χ0n) is 14.6. The van der Waals surface area contributed by atoms with Gasteiger partial charge in [-0.1, -0.05) is 29.8 Å². The van der Waals surface area contributed by atoms with Crippen LogP contribution in [0.3, 0.4) is 0 Å². The van der Waals surface area contributed by atoms with E-state index in [1.807, 2.05) is 31.2 Å². The molecule has 2 N–H and O–H groups in total. The van der Waals surface area contributed by atoms with Crippen LogP contribution >= 0.6 is 0 Å². The van der Waals surface area contributed by atoms with E-state index >= 15 is 0 Å². The monoisotopic (exact) mass is 370 g/mol. The van der Waals surface area contributed by atoms with Crippen molar-refractivity contribution < 1.29 is 23.1 Å². The van der Waals surface area contributed by atoms with E-state index in [1.54, 1.807) is 0 Å². The Morgan fingerprint density at radius 3 is 2.80 bits per heavy atom. The quantitative estimate of drug-likeness (QED) is 0.767. The Labute approximate surface area is 149 Å². The molecule has 0 radical (unpaired) electrons. The normalized spacial score (nSPS) is 26.4. The van der Waals surface area contributed by atoms with Gasteiger partial charge in [-0.3, -0.25) is 9.69 Å². The van der Waals surface area contributed by atoms with Gasteiger partial charge in [0.15, 0.2) is 0 Å². The topological polar surface area (TPSA) is 95.9 Å². The SMILES string of the molecule is Cc1cccc(CS(=O)(=O)N[C@@H]2C[C@H]3CO[C@H](C)CN3C2)c1.O=CO. The number of hydrogen-bond acceptors (Lipinski definition) is 5. The maximum absolute atomic E-state index is 12.4. The third kappa shape index (κ3) is 6.07. The Balaban J connectivity index is 0.000000701. The first kappa shape index (κ1) is 19.8. The standard InChI is InChI=1S/C16H24N2O3S.CH2O2/c1-12-4-3-5-14(6-12)11-22(19,20)17-15-7-16-10-21-13(2)8-18(16)9-15;2-1-3/h3-6,13,15-17H,7-11H2,1-2H3;1H,(H,2,3)/t13-,15-,16+;/m1./s1. The third-order valence-electron chi connectivity index (χ3n) is 4.38. The fraction of sp³-hybridized carbons (Fsp3) is 0.588. The number of nitrogens with zero attached hydrogens (tertiary/aromatic N) is 1. The molecule has 2 aliphatic heterocycles. The number of nitrogens with one attached hydrogen (secondary N) is 1. The largest absolute Gasteiger partial charge is 0.483 e. The number of morpholine rings is 1. The summed E-state index contributed by atoms with van der Waals surface area (Å²) < 4.78 is 33.3. The second-order valence-electron chi connectivity index (χ2n) is 6.66. The van der Waals surface area contributed by atoms with E-state index in [-0.39, 0.29) is 24.4 Å². The predicted molar refractivity (Wildman–Crippen MR) is 94.8 cm³/mol. The summed E-state index contributed by atoms with van der Waals surface area (Å²) in [7, 11) is -3.31. The van der Waals surface area contributed by atoms with Crippen LogP contribution in [-0.4, -0.2) is 62.8 Å². The van der Waals surface area contributed by atoms with Crippen molar-refractivity contribution >= 4 is 16.5 Å². The maximum Gasteiger partial charge on any atom is 0.290 e. The lowest BCUT2D eigenvalue weighted by atomic mass is 10.1. The first-order chi connectivity index (χ1) is 11.8. The molecule has 7 nitrogen and oxygen atoms in total. The van der Waals surface area contributed by atoms with Crippen LogP contribution < -0.4 is 4.72 Å². The lowest BCUT2D eigenvalue weighted by Gasteiger charge is -2.33. The molecule has 0 unspecified atom stereocenters. The van der Waals surface area contributed by atoms with E-state index < -0.39 is 10.0 Å². The van der Waals surface area contributed by atoms with Gasteiger partial charge in [-0.05, 0) is 25.8 Å². The summed E-state index contributed by atoms with van der Waals surface area (Å²) in [6.45, 7) is 6.16. The summed E-state index contributed by atoms with van der Waals surface area (Å²) >= 11 is 0. The molecule has 3 atom stereocenters. The van der Waals surface area contributed by atoms with Gasteiger partial charge in [0.05, 0.1) is 18.5 Å². The number of carboxylic acid groups (broad SMARTS) is 1. The highest BCUT2D eigenvalue weighted by molar-refractivity contribution is 7.88.